The van der Waals surface area contributed by atoms with Crippen LogP contribution in [0, 0.1) is 0 Å². The van der Waals surface area contributed by atoms with Crippen LogP contribution in [0.2, 0.25) is 0 Å². The summed E-state index contributed by atoms with van der Waals surface area (Å²) >= 11 is 5.29. The first-order valence-electron chi connectivity index (χ1n) is 11.8. The Morgan fingerprint density at radius 1 is 1.26 bits per heavy atom. The molecule has 10 nitrogen and oxygen atoms in total. The Hall–Kier alpha value is -4.38. The molecule has 3 rings (SSSR count). The van der Waals surface area contributed by atoms with Crippen molar-refractivity contribution < 1.29 is 28.9 Å². The number of nitrogens with zero attached hydrogens (tertiary/aromatic N) is 1. The van der Waals surface area contributed by atoms with Crippen molar-refractivity contribution in [3.05, 3.63) is 77.0 Å². The Bertz CT molecular complexity index is 1290. The van der Waals surface area contributed by atoms with Gasteiger partial charge in [-0.15, -0.1) is 6.58 Å². The van der Waals surface area contributed by atoms with Crippen molar-refractivity contribution >= 4 is 35.4 Å². The summed E-state index contributed by atoms with van der Waals surface area (Å²) in [6.07, 6.45) is 3.53. The number of phenolic OH excluding ortho intramolecular Hbond substituents is 1. The summed E-state index contributed by atoms with van der Waals surface area (Å²) in [4.78, 5) is 25.1. The minimum Gasteiger partial charge on any atom is -0.504 e. The van der Waals surface area contributed by atoms with Gasteiger partial charge in [0.05, 0.1) is 31.5 Å². The number of nitrogens with one attached hydrogen (secondary N) is 3. The van der Waals surface area contributed by atoms with E-state index in [1.807, 2.05) is 0 Å². The van der Waals surface area contributed by atoms with Crippen molar-refractivity contribution in [2.24, 2.45) is 5.10 Å². The molecule has 38 heavy (non-hydrogen) atoms. The SMILES string of the molecule is C=CCc1cc(C=NNC(=O)COc2ccccc2[C@@H]2NC(=S)NC(C)=C2C(=O)OCC)cc(OC)c1O. The summed E-state index contributed by atoms with van der Waals surface area (Å²) in [7, 11) is 1.45. The van der Waals surface area contributed by atoms with Gasteiger partial charge in [0.1, 0.15) is 5.75 Å². The van der Waals surface area contributed by atoms with Crippen LogP contribution in [-0.4, -0.2) is 48.6 Å². The Labute approximate surface area is 226 Å². The molecule has 0 fully saturated rings. The Morgan fingerprint density at radius 2 is 2.03 bits per heavy atom. The number of hydrogen-bond acceptors (Lipinski definition) is 8. The fraction of sp³-hybridized carbons (Fsp3) is 0.259. The average molecular weight is 539 g/mol. The van der Waals surface area contributed by atoms with E-state index in [1.165, 1.54) is 13.3 Å². The Kier molecular flexibility index (Phi) is 9.83. The van der Waals surface area contributed by atoms with Gasteiger partial charge in [0, 0.05) is 16.8 Å². The molecule has 1 aliphatic heterocycles. The lowest BCUT2D eigenvalue weighted by molar-refractivity contribution is -0.139. The maximum absolute atomic E-state index is 12.7. The largest absolute Gasteiger partial charge is 0.504 e. The van der Waals surface area contributed by atoms with Crippen LogP contribution in [0.15, 0.2) is 65.4 Å². The van der Waals surface area contributed by atoms with Gasteiger partial charge in [0.2, 0.25) is 0 Å². The lowest BCUT2D eigenvalue weighted by Crippen LogP contribution is -2.45. The zero-order valence-corrected chi connectivity index (χ0v) is 22.2. The number of thiocarbonyl (C=S) groups is 1. The molecule has 0 aromatic heterocycles. The molecule has 1 atom stereocenters. The average Bonchev–Trinajstić information content (AvgIpc) is 2.89. The van der Waals surface area contributed by atoms with Gasteiger partial charge in [-0.05, 0) is 56.2 Å². The van der Waals surface area contributed by atoms with Crippen LogP contribution in [0.25, 0.3) is 0 Å². The number of carbonyl (C=O) groups is 2. The summed E-state index contributed by atoms with van der Waals surface area (Å²) in [6, 6.07) is 9.71. The Morgan fingerprint density at radius 3 is 2.74 bits per heavy atom. The highest BCUT2D eigenvalue weighted by atomic mass is 32.1. The predicted molar refractivity (Wildman–Crippen MR) is 147 cm³/mol. The highest BCUT2D eigenvalue weighted by molar-refractivity contribution is 7.80. The van der Waals surface area contributed by atoms with Crippen LogP contribution < -0.4 is 25.5 Å². The van der Waals surface area contributed by atoms with Crippen molar-refractivity contribution in [2.45, 2.75) is 26.3 Å². The molecule has 4 N–H and O–H groups in total. The van der Waals surface area contributed by atoms with Gasteiger partial charge in [-0.1, -0.05) is 24.3 Å². The van der Waals surface area contributed by atoms with E-state index in [0.717, 1.165) is 0 Å². The van der Waals surface area contributed by atoms with Gasteiger partial charge < -0.3 is 30.0 Å². The first kappa shape index (κ1) is 28.2. The highest BCUT2D eigenvalue weighted by Crippen LogP contribution is 2.34. The van der Waals surface area contributed by atoms with Gasteiger partial charge in [0.25, 0.3) is 5.91 Å². The lowest BCUT2D eigenvalue weighted by Gasteiger charge is -2.30. The maximum Gasteiger partial charge on any atom is 0.338 e. The van der Waals surface area contributed by atoms with Crippen LogP contribution in [-0.2, 0) is 20.7 Å². The van der Waals surface area contributed by atoms with E-state index in [4.69, 9.17) is 26.4 Å². The Balaban J connectivity index is 1.72. The molecule has 200 valence electrons. The summed E-state index contributed by atoms with van der Waals surface area (Å²) in [5, 5.41) is 20.6. The molecular formula is C27H30N4O6S. The third-order valence-electron chi connectivity index (χ3n) is 5.52. The minimum atomic E-state index is -0.630. The number of hydrogen-bond donors (Lipinski definition) is 4. The van der Waals surface area contributed by atoms with Crippen LogP contribution in [0.5, 0.6) is 17.2 Å². The van der Waals surface area contributed by atoms with E-state index in [1.54, 1.807) is 56.3 Å². The molecule has 0 saturated carbocycles. The molecule has 0 aliphatic carbocycles. The van der Waals surface area contributed by atoms with Crippen molar-refractivity contribution in [1.82, 2.24) is 16.1 Å². The number of hydrazone groups is 1. The van der Waals surface area contributed by atoms with E-state index in [0.29, 0.717) is 45.2 Å². The number of rotatable bonds is 11. The maximum atomic E-state index is 12.7. The van der Waals surface area contributed by atoms with Crippen LogP contribution >= 0.6 is 12.2 Å². The lowest BCUT2D eigenvalue weighted by atomic mass is 9.95. The summed E-state index contributed by atoms with van der Waals surface area (Å²) in [6.45, 7) is 7.04. The number of allylic oxidation sites excluding steroid dienone is 2. The first-order valence-corrected chi connectivity index (χ1v) is 12.2. The van der Waals surface area contributed by atoms with Gasteiger partial charge in [-0.25, -0.2) is 10.2 Å². The third kappa shape index (κ3) is 6.88. The zero-order chi connectivity index (χ0) is 27.7. The van der Waals surface area contributed by atoms with Crippen LogP contribution in [0.3, 0.4) is 0 Å². The zero-order valence-electron chi connectivity index (χ0n) is 21.4. The molecule has 0 radical (unpaired) electrons. The van der Waals surface area contributed by atoms with E-state index in [9.17, 15) is 14.7 Å². The summed E-state index contributed by atoms with van der Waals surface area (Å²) in [5.41, 5.74) is 5.19. The molecular weight excluding hydrogens is 508 g/mol. The van der Waals surface area contributed by atoms with Gasteiger partial charge in [0.15, 0.2) is 23.2 Å². The monoisotopic (exact) mass is 538 g/mol. The molecule has 1 heterocycles. The number of ether oxygens (including phenoxy) is 3. The van der Waals surface area contributed by atoms with E-state index >= 15 is 0 Å². The smallest absolute Gasteiger partial charge is 0.338 e. The van der Waals surface area contributed by atoms with Crippen molar-refractivity contribution in [3.8, 4) is 17.2 Å². The molecule has 0 bridgehead atoms. The van der Waals surface area contributed by atoms with E-state index < -0.39 is 17.9 Å². The molecule has 0 unspecified atom stereocenters. The van der Waals surface area contributed by atoms with Gasteiger partial charge in [-0.2, -0.15) is 5.10 Å². The number of methoxy groups -OCH3 is 1. The first-order chi connectivity index (χ1) is 18.3. The van der Waals surface area contributed by atoms with Crippen LogP contribution in [0.4, 0.5) is 0 Å². The second-order valence-electron chi connectivity index (χ2n) is 8.13. The van der Waals surface area contributed by atoms with Crippen LogP contribution in [0.1, 0.15) is 36.6 Å². The quantitative estimate of drug-likeness (QED) is 0.112. The molecule has 1 amide bonds. The molecule has 2 aromatic carbocycles. The minimum absolute atomic E-state index is 0.0285. The predicted octanol–water partition coefficient (Wildman–Crippen LogP) is 3.01. The van der Waals surface area contributed by atoms with Crippen molar-refractivity contribution in [1.29, 1.82) is 0 Å². The van der Waals surface area contributed by atoms with E-state index in [2.05, 4.69) is 27.7 Å². The molecule has 11 heteroatoms. The normalized spacial score (nSPS) is 14.9. The number of benzene rings is 2. The standard InChI is InChI=1S/C27H30N4O6S/c1-5-9-18-12-17(13-21(35-4)25(18)33)14-28-31-22(32)15-37-20-11-8-7-10-19(20)24-23(26(34)36-6-2)16(3)29-27(38)30-24/h5,7-8,10-14,24,33H,1,6,9,15H2,2-4H3,(H,31,32)(H2,29,30,38)/t24-/m0/s1. The fourth-order valence-electron chi connectivity index (χ4n) is 3.84. The van der Waals surface area contributed by atoms with Gasteiger partial charge >= 0.3 is 5.97 Å². The molecule has 0 spiro atoms. The highest BCUT2D eigenvalue weighted by Gasteiger charge is 2.32. The number of esters is 1. The molecule has 1 aliphatic rings. The summed E-state index contributed by atoms with van der Waals surface area (Å²) in [5.74, 6) is -0.281. The summed E-state index contributed by atoms with van der Waals surface area (Å²) < 4.78 is 16.2. The van der Waals surface area contributed by atoms with Crippen molar-refractivity contribution in [2.75, 3.05) is 20.3 Å². The molecule has 2 aromatic rings. The number of phenols is 1. The second kappa shape index (κ2) is 13.2. The number of carbonyl (C=O) groups excluding carboxylic acids is 2. The number of para-hydroxylation sites is 1. The topological polar surface area (TPSA) is 131 Å². The fourth-order valence-corrected chi connectivity index (χ4v) is 4.11. The number of aromatic hydroxyl groups is 1. The molecule has 0 saturated heterocycles. The van der Waals surface area contributed by atoms with Gasteiger partial charge in [-0.3, -0.25) is 4.79 Å². The second-order valence-corrected chi connectivity index (χ2v) is 8.54. The van der Waals surface area contributed by atoms with E-state index in [-0.39, 0.29) is 24.7 Å². The third-order valence-corrected chi connectivity index (χ3v) is 5.74. The number of amides is 1. The van der Waals surface area contributed by atoms with Crippen molar-refractivity contribution in [3.63, 3.8) is 0 Å².